The number of hydrogen-bond donors (Lipinski definition) is 0. The van der Waals surface area contributed by atoms with E-state index in [4.69, 9.17) is 0 Å². The lowest BCUT2D eigenvalue weighted by atomic mass is 9.84. The molecule has 0 N–H and O–H groups in total. The van der Waals surface area contributed by atoms with Crippen LogP contribution < -0.4 is 0 Å². The van der Waals surface area contributed by atoms with E-state index in [1.54, 1.807) is 12.1 Å². The lowest BCUT2D eigenvalue weighted by Crippen LogP contribution is -2.10. The summed E-state index contributed by atoms with van der Waals surface area (Å²) in [4.78, 5) is 0. The molecule has 3 rings (SSSR count). The van der Waals surface area contributed by atoms with Crippen molar-refractivity contribution in [2.24, 2.45) is 5.41 Å². The largest absolute Gasteiger partial charge is 0.207 e. The van der Waals surface area contributed by atoms with Crippen LogP contribution >= 0.6 is 0 Å². The highest BCUT2D eigenvalue weighted by atomic mass is 19.1. The van der Waals surface area contributed by atoms with Gasteiger partial charge in [0, 0.05) is 0 Å². The molecule has 14 heavy (non-hydrogen) atoms. The maximum Gasteiger partial charge on any atom is 0.123 e. The summed E-state index contributed by atoms with van der Waals surface area (Å²) < 4.78 is 13.1. The predicted octanol–water partition coefficient (Wildman–Crippen LogP) is 3.57. The van der Waals surface area contributed by atoms with Gasteiger partial charge in [0.25, 0.3) is 0 Å². The van der Waals surface area contributed by atoms with Gasteiger partial charge in [0.15, 0.2) is 0 Å². The quantitative estimate of drug-likeness (QED) is 0.584. The first-order chi connectivity index (χ1) is 6.69. The van der Waals surface area contributed by atoms with Gasteiger partial charge in [0.05, 0.1) is 0 Å². The number of benzene rings is 1. The fourth-order valence-electron chi connectivity index (χ4n) is 2.91. The molecule has 2 aliphatic carbocycles. The summed E-state index contributed by atoms with van der Waals surface area (Å²) in [5.74, 6) is -0.110. The van der Waals surface area contributed by atoms with E-state index >= 15 is 0 Å². The number of rotatable bonds is 0. The van der Waals surface area contributed by atoms with Crippen LogP contribution in [0, 0.1) is 11.2 Å². The van der Waals surface area contributed by atoms with Crippen molar-refractivity contribution in [3.05, 3.63) is 41.2 Å². The van der Waals surface area contributed by atoms with Crippen molar-refractivity contribution in [3.63, 3.8) is 0 Å². The van der Waals surface area contributed by atoms with Crippen molar-refractivity contribution in [2.75, 3.05) is 0 Å². The Kier molecular flexibility index (Phi) is 1.45. The van der Waals surface area contributed by atoms with Crippen LogP contribution in [-0.2, 0) is 6.42 Å². The van der Waals surface area contributed by atoms with Crippen LogP contribution in [0.5, 0.6) is 0 Å². The molecule has 0 fully saturated rings. The molecule has 0 nitrogen and oxygen atoms in total. The summed E-state index contributed by atoms with van der Waals surface area (Å²) in [5, 5.41) is 0. The van der Waals surface area contributed by atoms with E-state index in [2.05, 4.69) is 13.0 Å². The second-order valence-electron chi connectivity index (χ2n) is 4.70. The van der Waals surface area contributed by atoms with Gasteiger partial charge in [-0.05, 0) is 53.5 Å². The highest BCUT2D eigenvalue weighted by Gasteiger charge is 2.39. The van der Waals surface area contributed by atoms with Crippen LogP contribution in [0.2, 0.25) is 0 Å². The fourth-order valence-corrected chi connectivity index (χ4v) is 2.91. The van der Waals surface area contributed by atoms with Crippen LogP contribution in [-0.4, -0.2) is 0 Å². The zero-order valence-electron chi connectivity index (χ0n) is 8.31. The van der Waals surface area contributed by atoms with Crippen LogP contribution in [0.1, 0.15) is 30.9 Å². The first-order valence-electron chi connectivity index (χ1n) is 5.18. The van der Waals surface area contributed by atoms with Gasteiger partial charge in [-0.25, -0.2) is 4.39 Å². The van der Waals surface area contributed by atoms with Gasteiger partial charge in [0.1, 0.15) is 5.82 Å². The third-order valence-electron chi connectivity index (χ3n) is 3.64. The molecule has 72 valence electrons. The lowest BCUT2D eigenvalue weighted by Gasteiger charge is -2.19. The minimum absolute atomic E-state index is 0.110. The second kappa shape index (κ2) is 2.47. The molecule has 2 aliphatic rings. The van der Waals surface area contributed by atoms with Crippen LogP contribution in [0.25, 0.3) is 5.57 Å². The molecule has 1 unspecified atom stereocenters. The average Bonchev–Trinajstić information content (AvgIpc) is 2.60. The van der Waals surface area contributed by atoms with Crippen LogP contribution in [0.4, 0.5) is 4.39 Å². The summed E-state index contributed by atoms with van der Waals surface area (Å²) >= 11 is 0. The van der Waals surface area contributed by atoms with E-state index in [0.29, 0.717) is 5.41 Å². The predicted molar refractivity (Wildman–Crippen MR) is 55.4 cm³/mol. The highest BCUT2D eigenvalue weighted by Crippen LogP contribution is 2.53. The smallest absolute Gasteiger partial charge is 0.123 e. The summed E-state index contributed by atoms with van der Waals surface area (Å²) in [6, 6.07) is 5.20. The van der Waals surface area contributed by atoms with Gasteiger partial charge < -0.3 is 0 Å². The monoisotopic (exact) mass is 188 g/mol. The molecule has 0 amide bonds. The molecule has 0 bridgehead atoms. The summed E-state index contributed by atoms with van der Waals surface area (Å²) in [6.07, 6.45) is 5.75. The Morgan fingerprint density at radius 1 is 1.36 bits per heavy atom. The van der Waals surface area contributed by atoms with E-state index in [0.717, 1.165) is 18.4 Å². The molecule has 0 aromatic heterocycles. The SMILES string of the molecule is CC12CCC=C1c1cc(F)ccc1C2. The van der Waals surface area contributed by atoms with Crippen molar-refractivity contribution in [3.8, 4) is 0 Å². The molecule has 1 atom stereocenters. The third-order valence-corrected chi connectivity index (χ3v) is 3.64. The average molecular weight is 188 g/mol. The van der Waals surface area contributed by atoms with Crippen LogP contribution in [0.15, 0.2) is 24.3 Å². The van der Waals surface area contributed by atoms with E-state index < -0.39 is 0 Å². The molecule has 1 aromatic rings. The molecule has 0 spiro atoms. The maximum atomic E-state index is 13.1. The first kappa shape index (κ1) is 8.22. The first-order valence-corrected chi connectivity index (χ1v) is 5.18. The molecule has 0 saturated carbocycles. The molecule has 0 aliphatic heterocycles. The molecular weight excluding hydrogens is 175 g/mol. The van der Waals surface area contributed by atoms with Gasteiger partial charge >= 0.3 is 0 Å². The van der Waals surface area contributed by atoms with Crippen molar-refractivity contribution < 1.29 is 4.39 Å². The molecule has 0 saturated heterocycles. The van der Waals surface area contributed by atoms with Crippen LogP contribution in [0.3, 0.4) is 0 Å². The summed E-state index contributed by atoms with van der Waals surface area (Å²) in [6.45, 7) is 2.30. The van der Waals surface area contributed by atoms with Gasteiger partial charge in [-0.1, -0.05) is 19.1 Å². The van der Waals surface area contributed by atoms with Gasteiger partial charge in [-0.2, -0.15) is 0 Å². The number of hydrogen-bond acceptors (Lipinski definition) is 0. The molecule has 0 heterocycles. The maximum absolute atomic E-state index is 13.1. The standard InChI is InChI=1S/C13H13F/c1-13-6-2-3-12(13)11-7-10(14)5-4-9(11)8-13/h3-5,7H,2,6,8H2,1H3. The normalized spacial score (nSPS) is 28.6. The van der Waals surface area contributed by atoms with Gasteiger partial charge in [0.2, 0.25) is 0 Å². The van der Waals surface area contributed by atoms with Crippen molar-refractivity contribution in [1.82, 2.24) is 0 Å². The molecule has 1 aromatic carbocycles. The van der Waals surface area contributed by atoms with E-state index in [1.807, 2.05) is 6.07 Å². The van der Waals surface area contributed by atoms with Gasteiger partial charge in [-0.3, -0.25) is 0 Å². The molecule has 1 heteroatoms. The Morgan fingerprint density at radius 3 is 3.07 bits per heavy atom. The van der Waals surface area contributed by atoms with Gasteiger partial charge in [-0.15, -0.1) is 0 Å². The Balaban J connectivity index is 2.22. The number of halogens is 1. The minimum atomic E-state index is -0.110. The molecule has 0 radical (unpaired) electrons. The Morgan fingerprint density at radius 2 is 2.21 bits per heavy atom. The van der Waals surface area contributed by atoms with Crippen molar-refractivity contribution in [2.45, 2.75) is 26.2 Å². The van der Waals surface area contributed by atoms with E-state index in [1.165, 1.54) is 17.6 Å². The minimum Gasteiger partial charge on any atom is -0.207 e. The Bertz CT molecular complexity index is 431. The Labute approximate surface area is 83.5 Å². The van der Waals surface area contributed by atoms with Crippen molar-refractivity contribution in [1.29, 1.82) is 0 Å². The highest BCUT2D eigenvalue weighted by molar-refractivity contribution is 5.78. The third kappa shape index (κ3) is 0.927. The fraction of sp³-hybridized carbons (Fsp3) is 0.385. The zero-order chi connectivity index (χ0) is 9.76. The van der Waals surface area contributed by atoms with E-state index in [9.17, 15) is 4.39 Å². The molecular formula is C13H13F. The zero-order valence-corrected chi connectivity index (χ0v) is 8.31. The topological polar surface area (TPSA) is 0 Å². The number of fused-ring (bicyclic) bond motifs is 3. The number of allylic oxidation sites excluding steroid dienone is 2. The summed E-state index contributed by atoms with van der Waals surface area (Å²) in [7, 11) is 0. The lowest BCUT2D eigenvalue weighted by molar-refractivity contribution is 0.448. The Hall–Kier alpha value is -1.11. The van der Waals surface area contributed by atoms with E-state index in [-0.39, 0.29) is 5.82 Å². The summed E-state index contributed by atoms with van der Waals surface area (Å²) in [5.41, 5.74) is 4.16. The second-order valence-corrected chi connectivity index (χ2v) is 4.70. The van der Waals surface area contributed by atoms with Crippen molar-refractivity contribution >= 4 is 5.57 Å².